The molecule has 2 amide bonds. The maximum absolute atomic E-state index is 12.3. The summed E-state index contributed by atoms with van der Waals surface area (Å²) < 4.78 is 5.36. The Morgan fingerprint density at radius 1 is 1.17 bits per heavy atom. The molecule has 2 N–H and O–H groups in total. The normalized spacial score (nSPS) is 14.5. The molecule has 1 aliphatic rings. The Kier molecular flexibility index (Phi) is 6.30. The molecule has 4 rings (SSSR count). The fourth-order valence-corrected chi connectivity index (χ4v) is 3.81. The third-order valence-corrected chi connectivity index (χ3v) is 5.36. The van der Waals surface area contributed by atoms with Crippen molar-refractivity contribution >= 4 is 40.6 Å². The van der Waals surface area contributed by atoms with Crippen LogP contribution in [-0.4, -0.2) is 52.2 Å². The van der Waals surface area contributed by atoms with E-state index in [2.05, 4.69) is 30.5 Å². The smallest absolute Gasteiger partial charge is 0.326 e. The molecule has 3 aromatic rings. The van der Waals surface area contributed by atoms with Crippen LogP contribution in [-0.2, 0) is 11.3 Å². The van der Waals surface area contributed by atoms with E-state index in [-0.39, 0.29) is 0 Å². The van der Waals surface area contributed by atoms with Crippen LogP contribution in [0.1, 0.15) is 5.69 Å². The van der Waals surface area contributed by atoms with Crippen LogP contribution >= 0.6 is 22.9 Å². The number of hydrogen-bond donors (Lipinski definition) is 2. The first-order valence-corrected chi connectivity index (χ1v) is 10.3. The molecule has 1 saturated heterocycles. The number of urea groups is 1. The summed E-state index contributed by atoms with van der Waals surface area (Å²) in [7, 11) is 0. The van der Waals surface area contributed by atoms with E-state index in [0.717, 1.165) is 49.1 Å². The first-order valence-electron chi connectivity index (χ1n) is 9.07. The van der Waals surface area contributed by atoms with Crippen LogP contribution < -0.4 is 10.6 Å². The van der Waals surface area contributed by atoms with E-state index in [4.69, 9.17) is 16.3 Å². The number of pyridine rings is 2. The molecule has 29 heavy (non-hydrogen) atoms. The highest BCUT2D eigenvalue weighted by molar-refractivity contribution is 7.13. The van der Waals surface area contributed by atoms with Gasteiger partial charge in [-0.1, -0.05) is 17.7 Å². The van der Waals surface area contributed by atoms with E-state index in [9.17, 15) is 4.79 Å². The van der Waals surface area contributed by atoms with Crippen molar-refractivity contribution in [1.29, 1.82) is 0 Å². The Balaban J connectivity index is 1.35. The molecule has 0 aliphatic carbocycles. The molecule has 3 aromatic heterocycles. The van der Waals surface area contributed by atoms with Crippen molar-refractivity contribution in [2.45, 2.75) is 6.54 Å². The largest absolute Gasteiger partial charge is 0.379 e. The zero-order chi connectivity index (χ0) is 20.1. The molecule has 0 saturated carbocycles. The molecule has 4 heterocycles. The molecule has 10 heteroatoms. The van der Waals surface area contributed by atoms with E-state index in [1.165, 1.54) is 11.3 Å². The molecule has 1 aliphatic heterocycles. The first kappa shape index (κ1) is 19.7. The monoisotopic (exact) mass is 430 g/mol. The van der Waals surface area contributed by atoms with Gasteiger partial charge < -0.3 is 4.74 Å². The fraction of sp³-hybridized carbons (Fsp3) is 0.263. The second kappa shape index (κ2) is 9.27. The quantitative estimate of drug-likeness (QED) is 0.599. The van der Waals surface area contributed by atoms with Crippen LogP contribution in [0, 0.1) is 0 Å². The zero-order valence-corrected chi connectivity index (χ0v) is 17.0. The molecule has 0 unspecified atom stereocenters. The highest BCUT2D eigenvalue weighted by Crippen LogP contribution is 2.27. The van der Waals surface area contributed by atoms with Gasteiger partial charge in [-0.2, -0.15) is 0 Å². The second-order valence-corrected chi connectivity index (χ2v) is 7.63. The second-order valence-electron chi connectivity index (χ2n) is 6.39. The van der Waals surface area contributed by atoms with Gasteiger partial charge in [-0.15, -0.1) is 11.3 Å². The Morgan fingerprint density at radius 2 is 2.00 bits per heavy atom. The number of morpholine rings is 1. The Labute approximate surface area is 176 Å². The minimum absolute atomic E-state index is 0.396. The van der Waals surface area contributed by atoms with Gasteiger partial charge in [0.15, 0.2) is 0 Å². The van der Waals surface area contributed by atoms with Gasteiger partial charge in [0.05, 0.1) is 18.9 Å². The van der Waals surface area contributed by atoms with Gasteiger partial charge in [-0.25, -0.2) is 19.7 Å². The van der Waals surface area contributed by atoms with Crippen LogP contribution in [0.2, 0.25) is 5.15 Å². The van der Waals surface area contributed by atoms with Crippen LogP contribution in [0.25, 0.3) is 10.6 Å². The SMILES string of the molecule is O=C(Nc1cccc(CN2CCOCC2)n1)Nc1csc(-c2ccnc(Cl)c2)n1. The average molecular weight is 431 g/mol. The third-order valence-electron chi connectivity index (χ3n) is 4.26. The van der Waals surface area contributed by atoms with Crippen molar-refractivity contribution in [3.63, 3.8) is 0 Å². The van der Waals surface area contributed by atoms with Crippen LogP contribution in [0.15, 0.2) is 41.9 Å². The predicted octanol–water partition coefficient (Wildman–Crippen LogP) is 3.73. The molecular formula is C19H19ClN6O2S. The number of anilines is 2. The highest BCUT2D eigenvalue weighted by atomic mass is 35.5. The van der Waals surface area contributed by atoms with Gasteiger partial charge >= 0.3 is 6.03 Å². The van der Waals surface area contributed by atoms with E-state index in [1.54, 1.807) is 23.7 Å². The maximum atomic E-state index is 12.3. The molecule has 0 atom stereocenters. The molecule has 8 nitrogen and oxygen atoms in total. The van der Waals surface area contributed by atoms with Crippen LogP contribution in [0.3, 0.4) is 0 Å². The Bertz CT molecular complexity index is 992. The topological polar surface area (TPSA) is 92.3 Å². The number of nitrogens with zero attached hydrogens (tertiary/aromatic N) is 4. The number of amides is 2. The summed E-state index contributed by atoms with van der Waals surface area (Å²) in [6.07, 6.45) is 1.62. The molecule has 0 aromatic carbocycles. The van der Waals surface area contributed by atoms with E-state index >= 15 is 0 Å². The number of carbonyl (C=O) groups is 1. The van der Waals surface area contributed by atoms with Gasteiger partial charge in [0.1, 0.15) is 21.8 Å². The summed E-state index contributed by atoms with van der Waals surface area (Å²) in [5.74, 6) is 0.949. The lowest BCUT2D eigenvalue weighted by molar-refractivity contribution is 0.0337. The molecule has 1 fully saturated rings. The van der Waals surface area contributed by atoms with Crippen molar-refractivity contribution in [2.24, 2.45) is 0 Å². The molecule has 0 radical (unpaired) electrons. The number of hydrogen-bond acceptors (Lipinski definition) is 7. The highest BCUT2D eigenvalue weighted by Gasteiger charge is 2.13. The Hall–Kier alpha value is -2.59. The van der Waals surface area contributed by atoms with Crippen molar-refractivity contribution in [1.82, 2.24) is 19.9 Å². The number of thiazole rings is 1. The third kappa shape index (κ3) is 5.48. The molecule has 0 spiro atoms. The van der Waals surface area contributed by atoms with Crippen LogP contribution in [0.4, 0.5) is 16.4 Å². The summed E-state index contributed by atoms with van der Waals surface area (Å²) in [6.45, 7) is 3.97. The average Bonchev–Trinajstić information content (AvgIpc) is 3.17. The van der Waals surface area contributed by atoms with Gasteiger partial charge in [0, 0.05) is 36.8 Å². The van der Waals surface area contributed by atoms with Gasteiger partial charge in [0.25, 0.3) is 0 Å². The lowest BCUT2D eigenvalue weighted by Crippen LogP contribution is -2.35. The number of nitrogens with one attached hydrogen (secondary N) is 2. The number of halogens is 1. The maximum Gasteiger partial charge on any atom is 0.326 e. The van der Waals surface area contributed by atoms with Gasteiger partial charge in [-0.05, 0) is 24.3 Å². The van der Waals surface area contributed by atoms with E-state index in [1.807, 2.05) is 18.2 Å². The summed E-state index contributed by atoms with van der Waals surface area (Å²) in [5.41, 5.74) is 1.75. The molecule has 0 bridgehead atoms. The predicted molar refractivity (Wildman–Crippen MR) is 113 cm³/mol. The van der Waals surface area contributed by atoms with E-state index < -0.39 is 6.03 Å². The van der Waals surface area contributed by atoms with Gasteiger partial charge in [-0.3, -0.25) is 15.5 Å². The minimum Gasteiger partial charge on any atom is -0.379 e. The van der Waals surface area contributed by atoms with Gasteiger partial charge in [0.2, 0.25) is 0 Å². The summed E-state index contributed by atoms with van der Waals surface area (Å²) in [4.78, 5) is 27.5. The number of aromatic nitrogens is 3. The lowest BCUT2D eigenvalue weighted by Gasteiger charge is -2.26. The number of carbonyl (C=O) groups excluding carboxylic acids is 1. The fourth-order valence-electron chi connectivity index (χ4n) is 2.89. The molecule has 150 valence electrons. The number of ether oxygens (including phenoxy) is 1. The van der Waals surface area contributed by atoms with Crippen LogP contribution in [0.5, 0.6) is 0 Å². The first-order chi connectivity index (χ1) is 14.2. The summed E-state index contributed by atoms with van der Waals surface area (Å²) in [5, 5.41) is 8.40. The lowest BCUT2D eigenvalue weighted by atomic mass is 10.3. The standard InChI is InChI=1S/C19H19ClN6O2S/c20-15-10-13(4-5-21-15)18-23-17(12-29-18)25-19(27)24-16-3-1-2-14(22-16)11-26-6-8-28-9-7-26/h1-5,10,12H,6-9,11H2,(H2,22,24,25,27). The minimum atomic E-state index is -0.398. The van der Waals surface area contributed by atoms with Crippen molar-refractivity contribution in [2.75, 3.05) is 36.9 Å². The van der Waals surface area contributed by atoms with Crippen molar-refractivity contribution in [3.05, 3.63) is 52.8 Å². The van der Waals surface area contributed by atoms with E-state index in [0.29, 0.717) is 16.8 Å². The number of rotatable bonds is 5. The summed E-state index contributed by atoms with van der Waals surface area (Å²) >= 11 is 7.33. The van der Waals surface area contributed by atoms with Crippen molar-refractivity contribution < 1.29 is 9.53 Å². The molecular weight excluding hydrogens is 412 g/mol. The van der Waals surface area contributed by atoms with Crippen molar-refractivity contribution in [3.8, 4) is 10.6 Å². The summed E-state index contributed by atoms with van der Waals surface area (Å²) in [6, 6.07) is 8.74. The Morgan fingerprint density at radius 3 is 2.83 bits per heavy atom. The zero-order valence-electron chi connectivity index (χ0n) is 15.5.